The fraction of sp³-hybridized carbons (Fsp3) is 0.500. The molecule has 1 fully saturated rings. The number of hydrogen-bond donors (Lipinski definition) is 3. The van der Waals surface area contributed by atoms with E-state index in [4.69, 9.17) is 10.6 Å². The van der Waals surface area contributed by atoms with E-state index < -0.39 is 4.92 Å². The summed E-state index contributed by atoms with van der Waals surface area (Å²) in [5, 5.41) is 13.9. The number of aromatic nitrogens is 1. The van der Waals surface area contributed by atoms with Gasteiger partial charge in [-0.1, -0.05) is 0 Å². The normalized spacial score (nSPS) is 16.3. The van der Waals surface area contributed by atoms with Crippen LogP contribution in [0.3, 0.4) is 0 Å². The summed E-state index contributed by atoms with van der Waals surface area (Å²) in [4.78, 5) is 14.4. The summed E-state index contributed by atoms with van der Waals surface area (Å²) in [5.74, 6) is 5.95. The highest BCUT2D eigenvalue weighted by molar-refractivity contribution is 5.54. The molecule has 0 spiro atoms. The van der Waals surface area contributed by atoms with E-state index in [0.29, 0.717) is 19.0 Å². The molecule has 1 aromatic rings. The predicted molar refractivity (Wildman–Crippen MR) is 66.2 cm³/mol. The Balaban J connectivity index is 2.15. The Morgan fingerprint density at radius 2 is 2.06 bits per heavy atom. The molecule has 8 nitrogen and oxygen atoms in total. The van der Waals surface area contributed by atoms with Crippen molar-refractivity contribution in [3.63, 3.8) is 0 Å². The van der Waals surface area contributed by atoms with Gasteiger partial charge in [0.05, 0.1) is 17.1 Å². The zero-order valence-electron chi connectivity index (χ0n) is 9.76. The van der Waals surface area contributed by atoms with Crippen LogP contribution in [0.25, 0.3) is 0 Å². The standard InChI is InChI=1S/C10H15N5O3/c11-14-10-6-8(15(16)17)5-9(13-10)12-7-1-3-18-4-2-7/h5-7H,1-4,11H2,(H2,12,13,14). The van der Waals surface area contributed by atoms with Gasteiger partial charge in [0.1, 0.15) is 11.6 Å². The second-order valence-electron chi connectivity index (χ2n) is 4.03. The van der Waals surface area contributed by atoms with Gasteiger partial charge in [0.15, 0.2) is 0 Å². The van der Waals surface area contributed by atoms with Crippen LogP contribution >= 0.6 is 0 Å². The molecular weight excluding hydrogens is 238 g/mol. The average Bonchev–Trinajstić information content (AvgIpc) is 2.39. The van der Waals surface area contributed by atoms with E-state index >= 15 is 0 Å². The second-order valence-corrected chi connectivity index (χ2v) is 4.03. The molecule has 1 aliphatic heterocycles. The summed E-state index contributed by atoms with van der Waals surface area (Å²) in [6, 6.07) is 2.91. The number of anilines is 2. The lowest BCUT2D eigenvalue weighted by atomic mass is 10.1. The van der Waals surface area contributed by atoms with Crippen LogP contribution < -0.4 is 16.6 Å². The van der Waals surface area contributed by atoms with E-state index in [9.17, 15) is 10.1 Å². The first-order chi connectivity index (χ1) is 8.69. The van der Waals surface area contributed by atoms with Crippen LogP contribution in [0.15, 0.2) is 12.1 Å². The Kier molecular flexibility index (Phi) is 3.90. The van der Waals surface area contributed by atoms with Gasteiger partial charge in [0.25, 0.3) is 5.69 Å². The van der Waals surface area contributed by atoms with Gasteiger partial charge < -0.3 is 15.5 Å². The number of hydrogen-bond acceptors (Lipinski definition) is 7. The quantitative estimate of drug-likeness (QED) is 0.414. The Labute approximate surface area is 104 Å². The molecule has 1 aliphatic rings. The van der Waals surface area contributed by atoms with E-state index in [1.807, 2.05) is 0 Å². The number of ether oxygens (including phenoxy) is 1. The molecule has 18 heavy (non-hydrogen) atoms. The summed E-state index contributed by atoms with van der Waals surface area (Å²) in [6.45, 7) is 1.38. The molecule has 1 aromatic heterocycles. The lowest BCUT2D eigenvalue weighted by molar-refractivity contribution is -0.384. The highest BCUT2D eigenvalue weighted by atomic mass is 16.6. The van der Waals surface area contributed by atoms with Gasteiger partial charge in [-0.05, 0) is 12.8 Å². The molecule has 0 atom stereocenters. The van der Waals surface area contributed by atoms with Gasteiger partial charge in [-0.3, -0.25) is 10.1 Å². The van der Waals surface area contributed by atoms with Gasteiger partial charge >= 0.3 is 0 Å². The maximum absolute atomic E-state index is 10.8. The minimum atomic E-state index is -0.475. The molecule has 0 aromatic carbocycles. The minimum Gasteiger partial charge on any atom is -0.381 e. The molecule has 8 heteroatoms. The van der Waals surface area contributed by atoms with Crippen LogP contribution in [0.4, 0.5) is 17.3 Å². The van der Waals surface area contributed by atoms with Crippen molar-refractivity contribution in [1.82, 2.24) is 4.98 Å². The fourth-order valence-corrected chi connectivity index (χ4v) is 1.82. The van der Waals surface area contributed by atoms with E-state index in [0.717, 1.165) is 12.8 Å². The Morgan fingerprint density at radius 1 is 1.39 bits per heavy atom. The minimum absolute atomic E-state index is 0.0486. The fourth-order valence-electron chi connectivity index (χ4n) is 1.82. The largest absolute Gasteiger partial charge is 0.381 e. The molecule has 98 valence electrons. The van der Waals surface area contributed by atoms with E-state index in [1.54, 1.807) is 0 Å². The van der Waals surface area contributed by atoms with E-state index in [-0.39, 0.29) is 17.5 Å². The van der Waals surface area contributed by atoms with Crippen molar-refractivity contribution in [3.8, 4) is 0 Å². The molecule has 0 radical (unpaired) electrons. The van der Waals surface area contributed by atoms with E-state index in [2.05, 4.69) is 15.7 Å². The first-order valence-electron chi connectivity index (χ1n) is 5.66. The summed E-state index contributed by atoms with van der Waals surface area (Å²) >= 11 is 0. The predicted octanol–water partition coefficient (Wildman–Crippen LogP) is 0.866. The van der Waals surface area contributed by atoms with Gasteiger partial charge in [-0.2, -0.15) is 0 Å². The number of nitrogens with one attached hydrogen (secondary N) is 2. The van der Waals surface area contributed by atoms with Crippen LogP contribution in [0, 0.1) is 10.1 Å². The summed E-state index contributed by atoms with van der Waals surface area (Å²) in [7, 11) is 0. The second kappa shape index (κ2) is 5.61. The van der Waals surface area contributed by atoms with Crippen molar-refractivity contribution < 1.29 is 9.66 Å². The molecule has 4 N–H and O–H groups in total. The SMILES string of the molecule is NNc1cc([N+](=O)[O-])cc(NC2CCOCC2)n1. The topological polar surface area (TPSA) is 115 Å². The first kappa shape index (κ1) is 12.5. The summed E-state index contributed by atoms with van der Waals surface area (Å²) in [6.07, 6.45) is 1.71. The number of nitrogens with zero attached hydrogens (tertiary/aromatic N) is 2. The third kappa shape index (κ3) is 3.05. The van der Waals surface area contributed by atoms with Crippen molar-refractivity contribution in [3.05, 3.63) is 22.2 Å². The van der Waals surface area contributed by atoms with Crippen LogP contribution in [-0.2, 0) is 4.74 Å². The number of nitrogen functional groups attached to an aromatic ring is 1. The highest BCUT2D eigenvalue weighted by Gasteiger charge is 2.16. The van der Waals surface area contributed by atoms with Crippen molar-refractivity contribution in [2.24, 2.45) is 5.84 Å². The number of pyridine rings is 1. The number of rotatable bonds is 4. The molecular formula is C10H15N5O3. The van der Waals surface area contributed by atoms with Gasteiger partial charge in [0, 0.05) is 19.3 Å². The zero-order chi connectivity index (χ0) is 13.0. The third-order valence-corrected chi connectivity index (χ3v) is 2.74. The van der Waals surface area contributed by atoms with Crippen molar-refractivity contribution >= 4 is 17.3 Å². The molecule has 0 aliphatic carbocycles. The summed E-state index contributed by atoms with van der Waals surface area (Å²) in [5.41, 5.74) is 2.27. The van der Waals surface area contributed by atoms with Crippen LogP contribution in [0.1, 0.15) is 12.8 Å². The molecule has 1 saturated heterocycles. The molecule has 0 amide bonds. The maximum Gasteiger partial charge on any atom is 0.276 e. The average molecular weight is 253 g/mol. The highest BCUT2D eigenvalue weighted by Crippen LogP contribution is 2.22. The first-order valence-corrected chi connectivity index (χ1v) is 5.66. The van der Waals surface area contributed by atoms with Crippen LogP contribution in [0.5, 0.6) is 0 Å². The third-order valence-electron chi connectivity index (χ3n) is 2.74. The smallest absolute Gasteiger partial charge is 0.276 e. The number of hydrazine groups is 1. The van der Waals surface area contributed by atoms with Gasteiger partial charge in [0.2, 0.25) is 0 Å². The van der Waals surface area contributed by atoms with Crippen molar-refractivity contribution in [2.75, 3.05) is 24.0 Å². The Hall–Kier alpha value is -1.93. The lowest BCUT2D eigenvalue weighted by Crippen LogP contribution is -2.28. The van der Waals surface area contributed by atoms with Gasteiger partial charge in [-0.25, -0.2) is 10.8 Å². The van der Waals surface area contributed by atoms with Crippen LogP contribution in [0.2, 0.25) is 0 Å². The Morgan fingerprint density at radius 3 is 2.67 bits per heavy atom. The van der Waals surface area contributed by atoms with Crippen LogP contribution in [-0.4, -0.2) is 29.2 Å². The molecule has 0 unspecified atom stereocenters. The Bertz CT molecular complexity index is 434. The molecule has 2 rings (SSSR count). The molecule has 2 heterocycles. The zero-order valence-corrected chi connectivity index (χ0v) is 9.76. The van der Waals surface area contributed by atoms with Crippen molar-refractivity contribution in [1.29, 1.82) is 0 Å². The monoisotopic (exact) mass is 253 g/mol. The summed E-state index contributed by atoms with van der Waals surface area (Å²) < 4.78 is 5.24. The maximum atomic E-state index is 10.8. The van der Waals surface area contributed by atoms with E-state index in [1.165, 1.54) is 12.1 Å². The molecule has 0 saturated carbocycles. The number of nitrogens with two attached hydrogens (primary N) is 1. The van der Waals surface area contributed by atoms with Crippen molar-refractivity contribution in [2.45, 2.75) is 18.9 Å². The lowest BCUT2D eigenvalue weighted by Gasteiger charge is -2.23. The number of nitro groups is 1. The molecule has 0 bridgehead atoms. The van der Waals surface area contributed by atoms with Gasteiger partial charge in [-0.15, -0.1) is 0 Å².